The molecule has 2 aromatic carbocycles. The number of hydrogen-bond donors (Lipinski definition) is 2. The zero-order chi connectivity index (χ0) is 17.6. The van der Waals surface area contributed by atoms with Crippen LogP contribution >= 0.6 is 0 Å². The topological polar surface area (TPSA) is 64.3 Å². The first kappa shape index (κ1) is 18.0. The number of nitrogens with one attached hydrogen (secondary N) is 1. The SMILES string of the molecule is CC(C)c1ccc(OCCNC(=O)C(C)(N)c2ccccc2)cc1. The van der Waals surface area contributed by atoms with E-state index in [1.54, 1.807) is 6.92 Å². The van der Waals surface area contributed by atoms with E-state index in [0.717, 1.165) is 11.3 Å². The van der Waals surface area contributed by atoms with Crippen LogP contribution in [0.25, 0.3) is 0 Å². The van der Waals surface area contributed by atoms with Crippen molar-refractivity contribution in [2.45, 2.75) is 32.2 Å². The fourth-order valence-electron chi connectivity index (χ4n) is 2.38. The number of rotatable bonds is 7. The summed E-state index contributed by atoms with van der Waals surface area (Å²) in [6, 6.07) is 17.4. The summed E-state index contributed by atoms with van der Waals surface area (Å²) in [5.41, 5.74) is 7.17. The Hall–Kier alpha value is -2.33. The normalized spacial score (nSPS) is 13.4. The Morgan fingerprint density at radius 3 is 2.33 bits per heavy atom. The molecule has 2 rings (SSSR count). The van der Waals surface area contributed by atoms with Crippen LogP contribution in [0.1, 0.15) is 37.8 Å². The molecule has 128 valence electrons. The van der Waals surface area contributed by atoms with Gasteiger partial charge in [0, 0.05) is 0 Å². The quantitative estimate of drug-likeness (QED) is 0.768. The lowest BCUT2D eigenvalue weighted by Crippen LogP contribution is -2.49. The molecule has 0 bridgehead atoms. The van der Waals surface area contributed by atoms with Crippen LogP contribution < -0.4 is 15.8 Å². The largest absolute Gasteiger partial charge is 0.492 e. The number of carbonyl (C=O) groups excluding carboxylic acids is 1. The third-order valence-electron chi connectivity index (χ3n) is 4.05. The Labute approximate surface area is 144 Å². The third-order valence-corrected chi connectivity index (χ3v) is 4.05. The molecule has 4 nitrogen and oxygen atoms in total. The lowest BCUT2D eigenvalue weighted by molar-refractivity contribution is -0.126. The zero-order valence-corrected chi connectivity index (χ0v) is 14.6. The second kappa shape index (κ2) is 7.97. The first-order valence-electron chi connectivity index (χ1n) is 8.26. The predicted molar refractivity (Wildman–Crippen MR) is 97.0 cm³/mol. The molecule has 1 atom stereocenters. The van der Waals surface area contributed by atoms with Gasteiger partial charge in [0.2, 0.25) is 5.91 Å². The Balaban J connectivity index is 1.80. The van der Waals surface area contributed by atoms with Crippen LogP contribution in [0.5, 0.6) is 5.75 Å². The van der Waals surface area contributed by atoms with Crippen LogP contribution in [0.4, 0.5) is 0 Å². The fourth-order valence-corrected chi connectivity index (χ4v) is 2.38. The van der Waals surface area contributed by atoms with E-state index in [2.05, 4.69) is 31.3 Å². The molecule has 0 aliphatic heterocycles. The molecule has 4 heteroatoms. The lowest BCUT2D eigenvalue weighted by atomic mass is 9.92. The predicted octanol–water partition coefficient (Wildman–Crippen LogP) is 3.18. The van der Waals surface area contributed by atoms with Gasteiger partial charge in [-0.05, 0) is 36.1 Å². The van der Waals surface area contributed by atoms with E-state index >= 15 is 0 Å². The minimum atomic E-state index is -1.06. The van der Waals surface area contributed by atoms with Crippen LogP contribution in [0.2, 0.25) is 0 Å². The van der Waals surface area contributed by atoms with Crippen molar-refractivity contribution in [3.8, 4) is 5.75 Å². The number of amides is 1. The Kier molecular flexibility index (Phi) is 5.99. The van der Waals surface area contributed by atoms with Crippen molar-refractivity contribution >= 4 is 5.91 Å². The maximum Gasteiger partial charge on any atom is 0.244 e. The van der Waals surface area contributed by atoms with Gasteiger partial charge in [0.25, 0.3) is 0 Å². The van der Waals surface area contributed by atoms with E-state index in [4.69, 9.17) is 10.5 Å². The summed E-state index contributed by atoms with van der Waals surface area (Å²) in [4.78, 5) is 12.3. The molecular weight excluding hydrogens is 300 g/mol. The molecule has 3 N–H and O–H groups in total. The van der Waals surface area contributed by atoms with Crippen LogP contribution in [0.3, 0.4) is 0 Å². The number of carbonyl (C=O) groups is 1. The summed E-state index contributed by atoms with van der Waals surface area (Å²) in [6.07, 6.45) is 0. The molecular formula is C20H26N2O2. The second-order valence-corrected chi connectivity index (χ2v) is 6.40. The minimum Gasteiger partial charge on any atom is -0.492 e. The summed E-state index contributed by atoms with van der Waals surface area (Å²) >= 11 is 0. The van der Waals surface area contributed by atoms with Crippen LogP contribution in [-0.2, 0) is 10.3 Å². The first-order chi connectivity index (χ1) is 11.4. The molecule has 0 aromatic heterocycles. The summed E-state index contributed by atoms with van der Waals surface area (Å²) in [6.45, 7) is 6.83. The van der Waals surface area contributed by atoms with Gasteiger partial charge in [0.1, 0.15) is 17.9 Å². The molecule has 0 radical (unpaired) electrons. The number of benzene rings is 2. The molecule has 0 spiro atoms. The average molecular weight is 326 g/mol. The molecule has 0 heterocycles. The van der Waals surface area contributed by atoms with Gasteiger partial charge in [-0.25, -0.2) is 0 Å². The van der Waals surface area contributed by atoms with Crippen LogP contribution in [0, 0.1) is 0 Å². The van der Waals surface area contributed by atoms with E-state index in [0.29, 0.717) is 19.1 Å². The number of ether oxygens (including phenoxy) is 1. The molecule has 0 aliphatic rings. The highest BCUT2D eigenvalue weighted by atomic mass is 16.5. The maximum atomic E-state index is 12.3. The molecule has 1 unspecified atom stereocenters. The van der Waals surface area contributed by atoms with E-state index < -0.39 is 5.54 Å². The summed E-state index contributed by atoms with van der Waals surface area (Å²) in [5.74, 6) is 1.08. The van der Waals surface area contributed by atoms with Crippen molar-refractivity contribution in [3.05, 3.63) is 65.7 Å². The minimum absolute atomic E-state index is 0.215. The molecule has 2 aromatic rings. The summed E-state index contributed by atoms with van der Waals surface area (Å²) in [5, 5.41) is 2.83. The number of nitrogens with two attached hydrogens (primary N) is 1. The number of hydrogen-bond acceptors (Lipinski definition) is 3. The Morgan fingerprint density at radius 1 is 1.12 bits per heavy atom. The van der Waals surface area contributed by atoms with Gasteiger partial charge in [-0.15, -0.1) is 0 Å². The Morgan fingerprint density at radius 2 is 1.75 bits per heavy atom. The zero-order valence-electron chi connectivity index (χ0n) is 14.6. The van der Waals surface area contributed by atoms with Crippen LogP contribution in [0.15, 0.2) is 54.6 Å². The van der Waals surface area contributed by atoms with E-state index in [1.807, 2.05) is 42.5 Å². The van der Waals surface area contributed by atoms with E-state index in [-0.39, 0.29) is 5.91 Å². The molecule has 0 aliphatic carbocycles. The molecule has 1 amide bonds. The van der Waals surface area contributed by atoms with E-state index in [1.165, 1.54) is 5.56 Å². The maximum absolute atomic E-state index is 12.3. The summed E-state index contributed by atoms with van der Waals surface area (Å²) in [7, 11) is 0. The fraction of sp³-hybridized carbons (Fsp3) is 0.350. The molecule has 0 saturated carbocycles. The van der Waals surface area contributed by atoms with Crippen molar-refractivity contribution in [2.24, 2.45) is 5.73 Å². The van der Waals surface area contributed by atoms with Gasteiger partial charge in [-0.2, -0.15) is 0 Å². The average Bonchev–Trinajstić information content (AvgIpc) is 2.59. The summed E-state index contributed by atoms with van der Waals surface area (Å²) < 4.78 is 5.65. The van der Waals surface area contributed by atoms with Gasteiger partial charge >= 0.3 is 0 Å². The van der Waals surface area contributed by atoms with Gasteiger partial charge in [-0.3, -0.25) is 4.79 Å². The van der Waals surface area contributed by atoms with Gasteiger partial charge < -0.3 is 15.8 Å². The van der Waals surface area contributed by atoms with Gasteiger partial charge in [0.05, 0.1) is 6.54 Å². The highest BCUT2D eigenvalue weighted by Crippen LogP contribution is 2.19. The highest BCUT2D eigenvalue weighted by molar-refractivity contribution is 5.86. The van der Waals surface area contributed by atoms with Crippen molar-refractivity contribution < 1.29 is 9.53 Å². The molecule has 24 heavy (non-hydrogen) atoms. The van der Waals surface area contributed by atoms with Crippen molar-refractivity contribution in [1.82, 2.24) is 5.32 Å². The standard InChI is InChI=1S/C20H26N2O2/c1-15(2)16-9-11-18(12-10-16)24-14-13-22-19(23)20(3,21)17-7-5-4-6-8-17/h4-12,15H,13-14,21H2,1-3H3,(H,22,23). The smallest absolute Gasteiger partial charge is 0.244 e. The van der Waals surface area contributed by atoms with Crippen molar-refractivity contribution in [2.75, 3.05) is 13.2 Å². The molecule has 0 fully saturated rings. The monoisotopic (exact) mass is 326 g/mol. The van der Waals surface area contributed by atoms with Gasteiger partial charge in [0.15, 0.2) is 0 Å². The van der Waals surface area contributed by atoms with Crippen molar-refractivity contribution in [1.29, 1.82) is 0 Å². The van der Waals surface area contributed by atoms with Gasteiger partial charge in [-0.1, -0.05) is 56.3 Å². The Bertz CT molecular complexity index is 649. The first-order valence-corrected chi connectivity index (χ1v) is 8.26. The molecule has 0 saturated heterocycles. The third kappa shape index (κ3) is 4.59. The highest BCUT2D eigenvalue weighted by Gasteiger charge is 2.29. The van der Waals surface area contributed by atoms with Crippen LogP contribution in [-0.4, -0.2) is 19.1 Å². The van der Waals surface area contributed by atoms with Crippen molar-refractivity contribution in [3.63, 3.8) is 0 Å². The van der Waals surface area contributed by atoms with E-state index in [9.17, 15) is 4.79 Å². The second-order valence-electron chi connectivity index (χ2n) is 6.40. The lowest BCUT2D eigenvalue weighted by Gasteiger charge is -2.24.